The number of benzene rings is 2. The Balaban J connectivity index is 1.42. The molecule has 2 aromatic carbocycles. The van der Waals surface area contributed by atoms with Crippen LogP contribution in [0.25, 0.3) is 16.9 Å². The summed E-state index contributed by atoms with van der Waals surface area (Å²) in [7, 11) is 1.54. The summed E-state index contributed by atoms with van der Waals surface area (Å²) in [6, 6.07) is 10.3. The van der Waals surface area contributed by atoms with Gasteiger partial charge in [0.1, 0.15) is 23.1 Å². The maximum absolute atomic E-state index is 13.9. The van der Waals surface area contributed by atoms with Gasteiger partial charge < -0.3 is 10.1 Å². The van der Waals surface area contributed by atoms with Gasteiger partial charge in [0.15, 0.2) is 5.13 Å². The minimum absolute atomic E-state index is 0.0127. The van der Waals surface area contributed by atoms with Crippen LogP contribution in [0.1, 0.15) is 0 Å². The van der Waals surface area contributed by atoms with Crippen molar-refractivity contribution in [2.75, 3.05) is 18.2 Å². The number of carbonyl (C=O) groups is 1. The van der Waals surface area contributed by atoms with Gasteiger partial charge in [0, 0.05) is 10.9 Å². The average molecular weight is 460 g/mol. The van der Waals surface area contributed by atoms with Crippen molar-refractivity contribution in [2.24, 2.45) is 0 Å². The highest BCUT2D eigenvalue weighted by molar-refractivity contribution is 7.99. The molecule has 1 N–H and O–H groups in total. The summed E-state index contributed by atoms with van der Waals surface area (Å²) in [5.74, 6) is -0.915. The zero-order chi connectivity index (χ0) is 21.8. The first-order valence-electron chi connectivity index (χ1n) is 8.80. The fourth-order valence-corrected chi connectivity index (χ4v) is 4.07. The van der Waals surface area contributed by atoms with Crippen molar-refractivity contribution in [1.29, 1.82) is 0 Å². The van der Waals surface area contributed by atoms with Gasteiger partial charge in [0.2, 0.25) is 11.1 Å². The number of rotatable bonds is 7. The van der Waals surface area contributed by atoms with Gasteiger partial charge in [-0.1, -0.05) is 23.9 Å². The number of carbonyl (C=O) groups excluding carboxylic acids is 1. The highest BCUT2D eigenvalue weighted by Gasteiger charge is 2.16. The van der Waals surface area contributed by atoms with Gasteiger partial charge in [-0.25, -0.2) is 13.8 Å². The summed E-state index contributed by atoms with van der Waals surface area (Å²) in [4.78, 5) is 16.5. The molecule has 0 unspecified atom stereocenters. The molecule has 0 fully saturated rings. The standard InChI is InChI=1S/C19H14F2N6O2S2/c1-29-16-5-3-2-4-15(16)27-19(24-25-26-27)31-10-17(28)23-18-22-14(9-30-18)12-8-11(20)6-7-13(12)21/h2-9H,10H2,1H3,(H,22,23,28). The molecule has 158 valence electrons. The van der Waals surface area contributed by atoms with Gasteiger partial charge in [0.25, 0.3) is 0 Å². The molecular formula is C19H14F2N6O2S2. The number of nitrogens with zero attached hydrogens (tertiary/aromatic N) is 5. The van der Waals surface area contributed by atoms with E-state index in [1.165, 1.54) is 4.68 Å². The Hall–Kier alpha value is -3.38. The summed E-state index contributed by atoms with van der Waals surface area (Å²) in [5.41, 5.74) is 0.909. The number of methoxy groups -OCH3 is 1. The van der Waals surface area contributed by atoms with Crippen molar-refractivity contribution in [1.82, 2.24) is 25.2 Å². The number of hydrogen-bond acceptors (Lipinski definition) is 8. The smallest absolute Gasteiger partial charge is 0.236 e. The molecule has 2 aromatic heterocycles. The fraction of sp³-hybridized carbons (Fsp3) is 0.105. The zero-order valence-electron chi connectivity index (χ0n) is 16.0. The number of thioether (sulfide) groups is 1. The lowest BCUT2D eigenvalue weighted by atomic mass is 10.1. The molecule has 1 amide bonds. The number of nitrogens with one attached hydrogen (secondary N) is 1. The first kappa shape index (κ1) is 20.9. The SMILES string of the molecule is COc1ccccc1-n1nnnc1SCC(=O)Nc1nc(-c2cc(F)ccc2F)cs1. The zero-order valence-corrected chi connectivity index (χ0v) is 17.6. The van der Waals surface area contributed by atoms with E-state index in [-0.39, 0.29) is 28.0 Å². The predicted octanol–water partition coefficient (Wildman–Crippen LogP) is 3.80. The van der Waals surface area contributed by atoms with Crippen molar-refractivity contribution >= 4 is 34.1 Å². The van der Waals surface area contributed by atoms with Crippen LogP contribution in [0, 0.1) is 11.6 Å². The number of aromatic nitrogens is 5. The van der Waals surface area contributed by atoms with Crippen LogP contribution in [0.2, 0.25) is 0 Å². The van der Waals surface area contributed by atoms with Crippen LogP contribution in [0.4, 0.5) is 13.9 Å². The minimum atomic E-state index is -0.594. The third-order valence-electron chi connectivity index (χ3n) is 4.04. The number of amides is 1. The first-order valence-corrected chi connectivity index (χ1v) is 10.7. The Kier molecular flexibility index (Phi) is 6.18. The third kappa shape index (κ3) is 4.70. The van der Waals surface area contributed by atoms with E-state index in [1.807, 2.05) is 12.1 Å². The largest absolute Gasteiger partial charge is 0.494 e. The van der Waals surface area contributed by atoms with Crippen molar-refractivity contribution in [3.05, 3.63) is 59.5 Å². The molecule has 0 aliphatic carbocycles. The maximum atomic E-state index is 13.9. The van der Waals surface area contributed by atoms with E-state index in [0.29, 0.717) is 16.6 Å². The lowest BCUT2D eigenvalue weighted by Gasteiger charge is -2.08. The van der Waals surface area contributed by atoms with Crippen LogP contribution in [0.5, 0.6) is 5.75 Å². The molecule has 31 heavy (non-hydrogen) atoms. The summed E-state index contributed by atoms with van der Waals surface area (Å²) >= 11 is 2.24. The van der Waals surface area contributed by atoms with Gasteiger partial charge in [0.05, 0.1) is 18.6 Å². The Morgan fingerprint density at radius 3 is 2.94 bits per heavy atom. The lowest BCUT2D eigenvalue weighted by molar-refractivity contribution is -0.113. The quantitative estimate of drug-likeness (QED) is 0.419. The van der Waals surface area contributed by atoms with Gasteiger partial charge in [-0.05, 0) is 40.8 Å². The molecule has 0 bridgehead atoms. The van der Waals surface area contributed by atoms with E-state index in [2.05, 4.69) is 25.8 Å². The molecule has 4 rings (SSSR count). The van der Waals surface area contributed by atoms with E-state index in [4.69, 9.17) is 4.74 Å². The molecule has 2 heterocycles. The van der Waals surface area contributed by atoms with Crippen molar-refractivity contribution in [3.63, 3.8) is 0 Å². The number of tetrazole rings is 1. The second kappa shape index (κ2) is 9.18. The number of hydrogen-bond donors (Lipinski definition) is 1. The van der Waals surface area contributed by atoms with Gasteiger partial charge in [-0.3, -0.25) is 4.79 Å². The van der Waals surface area contributed by atoms with Crippen LogP contribution in [-0.2, 0) is 4.79 Å². The highest BCUT2D eigenvalue weighted by atomic mass is 32.2. The van der Waals surface area contributed by atoms with Crippen molar-refractivity contribution in [2.45, 2.75) is 5.16 Å². The maximum Gasteiger partial charge on any atom is 0.236 e. The Morgan fingerprint density at radius 1 is 1.26 bits per heavy atom. The fourth-order valence-electron chi connectivity index (χ4n) is 2.66. The number of halogens is 2. The number of para-hydroxylation sites is 2. The normalized spacial score (nSPS) is 10.8. The van der Waals surface area contributed by atoms with Crippen LogP contribution in [-0.4, -0.2) is 44.0 Å². The minimum Gasteiger partial charge on any atom is -0.494 e. The Labute approximate surface area is 183 Å². The topological polar surface area (TPSA) is 94.8 Å². The lowest BCUT2D eigenvalue weighted by Crippen LogP contribution is -2.14. The van der Waals surface area contributed by atoms with Crippen molar-refractivity contribution < 1.29 is 18.3 Å². The van der Waals surface area contributed by atoms with Crippen LogP contribution < -0.4 is 10.1 Å². The first-order chi connectivity index (χ1) is 15.0. The Morgan fingerprint density at radius 2 is 2.10 bits per heavy atom. The molecule has 12 heteroatoms. The van der Waals surface area contributed by atoms with Gasteiger partial charge in [-0.15, -0.1) is 16.4 Å². The summed E-state index contributed by atoms with van der Waals surface area (Å²) in [6.07, 6.45) is 0. The molecule has 0 spiro atoms. The summed E-state index contributed by atoms with van der Waals surface area (Å²) in [6.45, 7) is 0. The number of ether oxygens (including phenoxy) is 1. The molecule has 0 radical (unpaired) electrons. The van der Waals surface area contributed by atoms with Crippen LogP contribution >= 0.6 is 23.1 Å². The molecule has 0 saturated heterocycles. The summed E-state index contributed by atoms with van der Waals surface area (Å²) in [5, 5.41) is 16.4. The second-order valence-electron chi connectivity index (χ2n) is 6.04. The number of thiazole rings is 1. The third-order valence-corrected chi connectivity index (χ3v) is 5.72. The molecular weight excluding hydrogens is 446 g/mol. The van der Waals surface area contributed by atoms with E-state index >= 15 is 0 Å². The number of anilines is 1. The van der Waals surface area contributed by atoms with Gasteiger partial charge >= 0.3 is 0 Å². The van der Waals surface area contributed by atoms with E-state index in [0.717, 1.165) is 41.3 Å². The van der Waals surface area contributed by atoms with E-state index in [1.54, 1.807) is 24.6 Å². The summed E-state index contributed by atoms with van der Waals surface area (Å²) < 4.78 is 34.1. The van der Waals surface area contributed by atoms with Crippen LogP contribution in [0.15, 0.2) is 53.0 Å². The second-order valence-corrected chi connectivity index (χ2v) is 7.84. The van der Waals surface area contributed by atoms with Crippen molar-refractivity contribution in [3.8, 4) is 22.7 Å². The molecule has 4 aromatic rings. The van der Waals surface area contributed by atoms with E-state index < -0.39 is 11.6 Å². The van der Waals surface area contributed by atoms with E-state index in [9.17, 15) is 13.6 Å². The average Bonchev–Trinajstić information content (AvgIpc) is 3.43. The Bertz CT molecular complexity index is 1230. The molecule has 8 nitrogen and oxygen atoms in total. The molecule has 0 aliphatic rings. The van der Waals surface area contributed by atoms with Gasteiger partial charge in [-0.2, -0.15) is 4.68 Å². The molecule has 0 aliphatic heterocycles. The molecule has 0 saturated carbocycles. The monoisotopic (exact) mass is 460 g/mol. The van der Waals surface area contributed by atoms with Crippen LogP contribution in [0.3, 0.4) is 0 Å². The predicted molar refractivity (Wildman–Crippen MR) is 113 cm³/mol. The molecule has 0 atom stereocenters. The highest BCUT2D eigenvalue weighted by Crippen LogP contribution is 2.28.